The molecule has 100 valence electrons. The summed E-state index contributed by atoms with van der Waals surface area (Å²) in [5, 5.41) is 2.81. The van der Waals surface area contributed by atoms with Crippen LogP contribution in [0.3, 0.4) is 0 Å². The summed E-state index contributed by atoms with van der Waals surface area (Å²) in [6.45, 7) is 4.85. The third-order valence-electron chi connectivity index (χ3n) is 3.12. The van der Waals surface area contributed by atoms with E-state index in [9.17, 15) is 4.79 Å². The number of carbonyl (C=O) groups excluding carboxylic acids is 1. The lowest BCUT2D eigenvalue weighted by molar-refractivity contribution is 0.0956. The van der Waals surface area contributed by atoms with Crippen LogP contribution in [-0.2, 0) is 6.42 Å². The monoisotopic (exact) mass is 247 g/mol. The molecule has 0 aliphatic rings. The predicted molar refractivity (Wildman–Crippen MR) is 76.9 cm³/mol. The van der Waals surface area contributed by atoms with Crippen LogP contribution in [0.4, 0.5) is 0 Å². The molecule has 0 bridgehead atoms. The molecular weight excluding hydrogens is 222 g/mol. The molecule has 0 spiro atoms. The number of rotatable bonds is 8. The van der Waals surface area contributed by atoms with Gasteiger partial charge in [0, 0.05) is 12.1 Å². The van der Waals surface area contributed by atoms with Crippen molar-refractivity contribution in [1.29, 1.82) is 0 Å². The lowest BCUT2D eigenvalue weighted by Gasteiger charge is -2.04. The average molecular weight is 247 g/mol. The van der Waals surface area contributed by atoms with Gasteiger partial charge in [-0.15, -0.1) is 0 Å². The highest BCUT2D eigenvalue weighted by molar-refractivity contribution is 5.94. The van der Waals surface area contributed by atoms with Crippen molar-refractivity contribution in [2.24, 2.45) is 0 Å². The van der Waals surface area contributed by atoms with Gasteiger partial charge in [-0.05, 0) is 37.5 Å². The van der Waals surface area contributed by atoms with Crippen molar-refractivity contribution in [3.05, 3.63) is 35.4 Å². The molecule has 1 aromatic rings. The van der Waals surface area contributed by atoms with E-state index in [-0.39, 0.29) is 5.91 Å². The van der Waals surface area contributed by atoms with Gasteiger partial charge in [-0.3, -0.25) is 4.79 Å². The number of carbonyl (C=O) groups is 1. The number of hydrogen-bond donors (Lipinski definition) is 1. The molecule has 2 nitrogen and oxygen atoms in total. The Kier molecular flexibility index (Phi) is 7.16. The van der Waals surface area contributed by atoms with Crippen LogP contribution in [-0.4, -0.2) is 12.5 Å². The van der Waals surface area contributed by atoms with Crippen molar-refractivity contribution < 1.29 is 4.79 Å². The molecule has 1 aromatic carbocycles. The minimum Gasteiger partial charge on any atom is -0.352 e. The largest absolute Gasteiger partial charge is 0.352 e. The summed E-state index contributed by atoms with van der Waals surface area (Å²) in [6, 6.07) is 7.99. The molecule has 0 aromatic heterocycles. The number of amides is 1. The van der Waals surface area contributed by atoms with Gasteiger partial charge in [-0.25, -0.2) is 0 Å². The van der Waals surface area contributed by atoms with Crippen LogP contribution in [0.1, 0.15) is 61.9 Å². The topological polar surface area (TPSA) is 29.1 Å². The zero-order valence-corrected chi connectivity index (χ0v) is 11.7. The van der Waals surface area contributed by atoms with Crippen LogP contribution in [0.5, 0.6) is 0 Å². The quantitative estimate of drug-likeness (QED) is 0.692. The fourth-order valence-corrected chi connectivity index (χ4v) is 2.02. The molecule has 0 saturated heterocycles. The van der Waals surface area contributed by atoms with Gasteiger partial charge in [-0.2, -0.15) is 0 Å². The van der Waals surface area contributed by atoms with E-state index in [2.05, 4.69) is 24.4 Å². The van der Waals surface area contributed by atoms with Gasteiger partial charge in [0.25, 0.3) is 5.91 Å². The molecule has 0 aliphatic carbocycles. The van der Waals surface area contributed by atoms with E-state index in [0.29, 0.717) is 6.54 Å². The first kappa shape index (κ1) is 14.7. The molecule has 0 saturated carbocycles. The second-order valence-electron chi connectivity index (χ2n) is 4.72. The first-order valence-corrected chi connectivity index (χ1v) is 7.15. The average Bonchev–Trinajstić information content (AvgIpc) is 2.39. The van der Waals surface area contributed by atoms with E-state index in [0.717, 1.165) is 12.0 Å². The van der Waals surface area contributed by atoms with E-state index in [4.69, 9.17) is 0 Å². The normalized spacial score (nSPS) is 10.3. The fraction of sp³-hybridized carbons (Fsp3) is 0.562. The second-order valence-corrected chi connectivity index (χ2v) is 4.72. The molecule has 0 unspecified atom stereocenters. The number of benzene rings is 1. The Morgan fingerprint density at radius 3 is 2.28 bits per heavy atom. The highest BCUT2D eigenvalue weighted by Gasteiger charge is 2.03. The number of unbranched alkanes of at least 4 members (excludes halogenated alkanes) is 4. The van der Waals surface area contributed by atoms with Gasteiger partial charge in [0.1, 0.15) is 0 Å². The zero-order chi connectivity index (χ0) is 13.2. The summed E-state index contributed by atoms with van der Waals surface area (Å²) in [5.41, 5.74) is 2.09. The summed E-state index contributed by atoms with van der Waals surface area (Å²) in [6.07, 6.45) is 7.66. The molecule has 1 amide bonds. The Labute approximate surface area is 111 Å². The van der Waals surface area contributed by atoms with E-state index < -0.39 is 0 Å². The molecule has 1 rings (SSSR count). The van der Waals surface area contributed by atoms with Crippen LogP contribution < -0.4 is 5.32 Å². The molecule has 0 aliphatic heterocycles. The molecule has 0 heterocycles. The molecule has 0 fully saturated rings. The van der Waals surface area contributed by atoms with Gasteiger partial charge in [0.05, 0.1) is 0 Å². The first-order chi connectivity index (χ1) is 8.77. The molecule has 18 heavy (non-hydrogen) atoms. The maximum atomic E-state index is 11.6. The van der Waals surface area contributed by atoms with Crippen LogP contribution in [0.2, 0.25) is 0 Å². The maximum absolute atomic E-state index is 11.6. The standard InChI is InChI=1S/C16H25NO/c1-3-5-6-7-8-9-14-10-12-15(13-11-14)16(18)17-4-2/h10-13H,3-9H2,1-2H3,(H,17,18). The Balaban J connectivity index is 2.33. The molecular formula is C16H25NO. The highest BCUT2D eigenvalue weighted by Crippen LogP contribution is 2.10. The minimum atomic E-state index is 0.0204. The third-order valence-corrected chi connectivity index (χ3v) is 3.12. The van der Waals surface area contributed by atoms with Crippen molar-refractivity contribution in [1.82, 2.24) is 5.32 Å². The van der Waals surface area contributed by atoms with Crippen molar-refractivity contribution in [2.45, 2.75) is 52.4 Å². The van der Waals surface area contributed by atoms with Crippen molar-refractivity contribution in [3.63, 3.8) is 0 Å². The molecule has 2 heteroatoms. The Hall–Kier alpha value is -1.31. The van der Waals surface area contributed by atoms with Crippen molar-refractivity contribution in [3.8, 4) is 0 Å². The summed E-state index contributed by atoms with van der Waals surface area (Å²) >= 11 is 0. The highest BCUT2D eigenvalue weighted by atomic mass is 16.1. The fourth-order valence-electron chi connectivity index (χ4n) is 2.02. The van der Waals surface area contributed by atoms with Crippen molar-refractivity contribution >= 4 is 5.91 Å². The Bertz CT molecular complexity index is 343. The smallest absolute Gasteiger partial charge is 0.251 e. The summed E-state index contributed by atoms with van der Waals surface area (Å²) in [4.78, 5) is 11.6. The molecule has 1 N–H and O–H groups in total. The number of aryl methyl sites for hydroxylation is 1. The van der Waals surface area contributed by atoms with Crippen molar-refractivity contribution in [2.75, 3.05) is 6.54 Å². The van der Waals surface area contributed by atoms with Gasteiger partial charge < -0.3 is 5.32 Å². The third kappa shape index (κ3) is 5.35. The zero-order valence-electron chi connectivity index (χ0n) is 11.7. The van der Waals surface area contributed by atoms with E-state index >= 15 is 0 Å². The van der Waals surface area contributed by atoms with Gasteiger partial charge in [0.15, 0.2) is 0 Å². The summed E-state index contributed by atoms with van der Waals surface area (Å²) in [7, 11) is 0. The molecule has 0 atom stereocenters. The van der Waals surface area contributed by atoms with E-state index in [1.165, 1.54) is 37.7 Å². The van der Waals surface area contributed by atoms with Gasteiger partial charge >= 0.3 is 0 Å². The lowest BCUT2D eigenvalue weighted by atomic mass is 10.0. The minimum absolute atomic E-state index is 0.0204. The Morgan fingerprint density at radius 2 is 1.67 bits per heavy atom. The van der Waals surface area contributed by atoms with Crippen LogP contribution >= 0.6 is 0 Å². The Morgan fingerprint density at radius 1 is 1.00 bits per heavy atom. The van der Waals surface area contributed by atoms with E-state index in [1.807, 2.05) is 19.1 Å². The number of nitrogens with one attached hydrogen (secondary N) is 1. The van der Waals surface area contributed by atoms with Crippen LogP contribution in [0, 0.1) is 0 Å². The maximum Gasteiger partial charge on any atom is 0.251 e. The predicted octanol–water partition coefficient (Wildman–Crippen LogP) is 3.95. The van der Waals surface area contributed by atoms with Crippen LogP contribution in [0.15, 0.2) is 24.3 Å². The summed E-state index contributed by atoms with van der Waals surface area (Å²) in [5.74, 6) is 0.0204. The first-order valence-electron chi connectivity index (χ1n) is 7.15. The van der Waals surface area contributed by atoms with Crippen LogP contribution in [0.25, 0.3) is 0 Å². The SMILES string of the molecule is CCCCCCCc1ccc(C(=O)NCC)cc1. The molecule has 0 radical (unpaired) electrons. The lowest BCUT2D eigenvalue weighted by Crippen LogP contribution is -2.22. The van der Waals surface area contributed by atoms with Gasteiger partial charge in [-0.1, -0.05) is 44.7 Å². The second kappa shape index (κ2) is 8.73. The summed E-state index contributed by atoms with van der Waals surface area (Å²) < 4.78 is 0. The van der Waals surface area contributed by atoms with E-state index in [1.54, 1.807) is 0 Å². The van der Waals surface area contributed by atoms with Gasteiger partial charge in [0.2, 0.25) is 0 Å². The number of hydrogen-bond acceptors (Lipinski definition) is 1.